The van der Waals surface area contributed by atoms with Crippen LogP contribution in [0.3, 0.4) is 0 Å². The molecule has 0 aliphatic carbocycles. The van der Waals surface area contributed by atoms with Gasteiger partial charge in [0.1, 0.15) is 11.6 Å². The van der Waals surface area contributed by atoms with Gasteiger partial charge in [-0.05, 0) is 39.3 Å². The molecule has 0 spiro atoms. The first-order chi connectivity index (χ1) is 11.8. The van der Waals surface area contributed by atoms with E-state index in [-0.39, 0.29) is 5.78 Å². The molecule has 0 saturated carbocycles. The number of aryl methyl sites for hydroxylation is 1. The van der Waals surface area contributed by atoms with Crippen molar-refractivity contribution < 1.29 is 14.3 Å². The van der Waals surface area contributed by atoms with Crippen molar-refractivity contribution in [2.24, 2.45) is 0 Å². The normalized spacial score (nSPS) is 16.5. The van der Waals surface area contributed by atoms with Crippen molar-refractivity contribution >= 4 is 17.6 Å². The summed E-state index contributed by atoms with van der Waals surface area (Å²) in [4.78, 5) is 27.3. The molecule has 1 atom stereocenters. The second-order valence-electron chi connectivity index (χ2n) is 7.43. The lowest BCUT2D eigenvalue weighted by Crippen LogP contribution is -2.45. The van der Waals surface area contributed by atoms with Gasteiger partial charge in [0.25, 0.3) is 0 Å². The first-order valence-electron chi connectivity index (χ1n) is 8.47. The van der Waals surface area contributed by atoms with Crippen molar-refractivity contribution in [3.63, 3.8) is 0 Å². The van der Waals surface area contributed by atoms with Crippen molar-refractivity contribution in [1.82, 2.24) is 0 Å². The lowest BCUT2D eigenvalue weighted by atomic mass is 10.00. The van der Waals surface area contributed by atoms with E-state index in [1.165, 1.54) is 4.90 Å². The van der Waals surface area contributed by atoms with E-state index in [0.29, 0.717) is 12.0 Å². The van der Waals surface area contributed by atoms with E-state index in [1.807, 2.05) is 76.2 Å². The SMILES string of the molecule is Cc1ccc(C(=O)C2Cc3ccccc3N2C(=O)OC(C)(C)C)cc1. The summed E-state index contributed by atoms with van der Waals surface area (Å²) in [5.74, 6) is -0.0675. The molecule has 25 heavy (non-hydrogen) atoms. The van der Waals surface area contributed by atoms with Crippen molar-refractivity contribution in [3.8, 4) is 0 Å². The number of hydrogen-bond acceptors (Lipinski definition) is 3. The van der Waals surface area contributed by atoms with Crippen LogP contribution in [0.5, 0.6) is 0 Å². The summed E-state index contributed by atoms with van der Waals surface area (Å²) >= 11 is 0. The number of Topliss-reactive ketones (excluding diaryl/α,β-unsaturated/α-hetero) is 1. The number of hydrogen-bond donors (Lipinski definition) is 0. The molecule has 130 valence electrons. The maximum absolute atomic E-state index is 13.1. The smallest absolute Gasteiger partial charge is 0.415 e. The average Bonchev–Trinajstić information content (AvgIpc) is 2.93. The molecule has 1 unspecified atom stereocenters. The van der Waals surface area contributed by atoms with Gasteiger partial charge < -0.3 is 4.74 Å². The van der Waals surface area contributed by atoms with Gasteiger partial charge >= 0.3 is 6.09 Å². The van der Waals surface area contributed by atoms with Crippen LogP contribution in [0.25, 0.3) is 0 Å². The summed E-state index contributed by atoms with van der Waals surface area (Å²) in [6, 6.07) is 14.5. The predicted octanol–water partition coefficient (Wildman–Crippen LogP) is 4.54. The van der Waals surface area contributed by atoms with Crippen LogP contribution in [0.4, 0.5) is 10.5 Å². The van der Waals surface area contributed by atoms with Crippen LogP contribution >= 0.6 is 0 Å². The van der Waals surface area contributed by atoms with Crippen molar-refractivity contribution in [3.05, 3.63) is 65.2 Å². The molecule has 2 aromatic rings. The molecule has 0 saturated heterocycles. The first-order valence-corrected chi connectivity index (χ1v) is 8.47. The van der Waals surface area contributed by atoms with E-state index >= 15 is 0 Å². The Hall–Kier alpha value is -2.62. The van der Waals surface area contributed by atoms with E-state index in [9.17, 15) is 9.59 Å². The van der Waals surface area contributed by atoms with Gasteiger partial charge in [-0.25, -0.2) is 4.79 Å². The molecule has 0 aromatic heterocycles. The van der Waals surface area contributed by atoms with E-state index in [0.717, 1.165) is 16.8 Å². The van der Waals surface area contributed by atoms with Crippen LogP contribution < -0.4 is 4.90 Å². The van der Waals surface area contributed by atoms with Crippen molar-refractivity contribution in [2.45, 2.75) is 45.8 Å². The second kappa shape index (κ2) is 6.36. The summed E-state index contributed by atoms with van der Waals surface area (Å²) in [6.07, 6.45) is 0.0187. The lowest BCUT2D eigenvalue weighted by Gasteiger charge is -2.28. The van der Waals surface area contributed by atoms with Gasteiger partial charge in [0, 0.05) is 12.0 Å². The monoisotopic (exact) mass is 337 g/mol. The Morgan fingerprint density at radius 3 is 2.32 bits per heavy atom. The molecular formula is C21H23NO3. The molecule has 1 heterocycles. The van der Waals surface area contributed by atoms with Gasteiger partial charge in [0.05, 0.1) is 5.69 Å². The highest BCUT2D eigenvalue weighted by atomic mass is 16.6. The fourth-order valence-corrected chi connectivity index (χ4v) is 3.04. The minimum atomic E-state index is -0.619. The summed E-state index contributed by atoms with van der Waals surface area (Å²) in [6.45, 7) is 7.45. The molecule has 0 bridgehead atoms. The van der Waals surface area contributed by atoms with Gasteiger partial charge in [-0.3, -0.25) is 9.69 Å². The Morgan fingerprint density at radius 1 is 1.04 bits per heavy atom. The molecule has 1 aliphatic heterocycles. The van der Waals surface area contributed by atoms with Gasteiger partial charge in [-0.1, -0.05) is 48.0 Å². The van der Waals surface area contributed by atoms with Gasteiger partial charge in [0.2, 0.25) is 0 Å². The number of fused-ring (bicyclic) bond motifs is 1. The van der Waals surface area contributed by atoms with Crippen LogP contribution in [0.2, 0.25) is 0 Å². The first kappa shape index (κ1) is 17.2. The number of anilines is 1. The third-order valence-corrected chi connectivity index (χ3v) is 4.21. The maximum atomic E-state index is 13.1. The molecule has 0 radical (unpaired) electrons. The Balaban J connectivity index is 1.96. The van der Waals surface area contributed by atoms with E-state index < -0.39 is 17.7 Å². The summed E-state index contributed by atoms with van der Waals surface area (Å²) in [5.41, 5.74) is 2.82. The Bertz CT molecular complexity index is 803. The van der Waals surface area contributed by atoms with Crippen molar-refractivity contribution in [1.29, 1.82) is 0 Å². The highest BCUT2D eigenvalue weighted by Gasteiger charge is 2.40. The van der Waals surface area contributed by atoms with Gasteiger partial charge in [-0.15, -0.1) is 0 Å². The molecule has 1 aliphatic rings. The minimum Gasteiger partial charge on any atom is -0.443 e. The summed E-state index contributed by atoms with van der Waals surface area (Å²) in [7, 11) is 0. The zero-order chi connectivity index (χ0) is 18.2. The summed E-state index contributed by atoms with van der Waals surface area (Å²) in [5, 5.41) is 0. The highest BCUT2D eigenvalue weighted by Crippen LogP contribution is 2.34. The van der Waals surface area contributed by atoms with Gasteiger partial charge in [0.15, 0.2) is 5.78 Å². The fraction of sp³-hybridized carbons (Fsp3) is 0.333. The van der Waals surface area contributed by atoms with E-state index in [4.69, 9.17) is 4.74 Å². The molecule has 3 rings (SSSR count). The van der Waals surface area contributed by atoms with Gasteiger partial charge in [-0.2, -0.15) is 0 Å². The predicted molar refractivity (Wildman–Crippen MR) is 98.2 cm³/mol. The Labute approximate surface area is 148 Å². The number of para-hydroxylation sites is 1. The van der Waals surface area contributed by atoms with Crippen LogP contribution in [0.1, 0.15) is 42.3 Å². The zero-order valence-corrected chi connectivity index (χ0v) is 15.1. The van der Waals surface area contributed by atoms with Crippen molar-refractivity contribution in [2.75, 3.05) is 4.90 Å². The van der Waals surface area contributed by atoms with Crippen LogP contribution in [-0.4, -0.2) is 23.5 Å². The molecule has 4 nitrogen and oxygen atoms in total. The molecule has 0 fully saturated rings. The molecule has 4 heteroatoms. The number of ether oxygens (including phenoxy) is 1. The zero-order valence-electron chi connectivity index (χ0n) is 15.1. The second-order valence-corrected chi connectivity index (χ2v) is 7.43. The highest BCUT2D eigenvalue weighted by molar-refractivity contribution is 6.08. The number of ketones is 1. The largest absolute Gasteiger partial charge is 0.443 e. The standard InChI is InChI=1S/C21H23NO3/c1-14-9-11-15(12-10-14)19(23)18-13-16-7-5-6-8-17(16)22(18)20(24)25-21(2,3)4/h5-12,18H,13H2,1-4H3. The average molecular weight is 337 g/mol. The number of benzene rings is 2. The molecule has 0 N–H and O–H groups in total. The Kier molecular flexibility index (Phi) is 4.38. The Morgan fingerprint density at radius 2 is 1.68 bits per heavy atom. The third-order valence-electron chi connectivity index (χ3n) is 4.21. The van der Waals surface area contributed by atoms with Crippen LogP contribution in [0.15, 0.2) is 48.5 Å². The van der Waals surface area contributed by atoms with E-state index in [2.05, 4.69) is 0 Å². The number of rotatable bonds is 2. The number of carbonyl (C=O) groups excluding carboxylic acids is 2. The van der Waals surface area contributed by atoms with E-state index in [1.54, 1.807) is 0 Å². The molecular weight excluding hydrogens is 314 g/mol. The number of nitrogens with zero attached hydrogens (tertiary/aromatic N) is 1. The summed E-state index contributed by atoms with van der Waals surface area (Å²) < 4.78 is 5.55. The number of carbonyl (C=O) groups is 2. The minimum absolute atomic E-state index is 0.0675. The third kappa shape index (κ3) is 3.58. The maximum Gasteiger partial charge on any atom is 0.415 e. The fourth-order valence-electron chi connectivity index (χ4n) is 3.04. The molecule has 1 amide bonds. The number of amides is 1. The van der Waals surface area contributed by atoms with Crippen LogP contribution in [0, 0.1) is 6.92 Å². The molecule has 2 aromatic carbocycles. The lowest BCUT2D eigenvalue weighted by molar-refractivity contribution is 0.0559. The topological polar surface area (TPSA) is 46.6 Å². The quantitative estimate of drug-likeness (QED) is 0.756. The van der Waals surface area contributed by atoms with Crippen LogP contribution in [-0.2, 0) is 11.2 Å².